The first-order valence-electron chi connectivity index (χ1n) is 9.47. The lowest BCUT2D eigenvalue weighted by Crippen LogP contribution is -2.20. The highest BCUT2D eigenvalue weighted by atomic mass is 16.5. The second-order valence-electron chi connectivity index (χ2n) is 7.03. The summed E-state index contributed by atoms with van der Waals surface area (Å²) in [7, 11) is 0. The molecule has 0 aliphatic carbocycles. The first-order valence-corrected chi connectivity index (χ1v) is 9.47. The SMILES string of the molecule is CC(C)c1ccc(OCC(=O)Nc2ccc(OCC3CCCO3)cc2)cc1. The van der Waals surface area contributed by atoms with Crippen LogP contribution in [0, 0.1) is 0 Å². The molecule has 144 valence electrons. The lowest BCUT2D eigenvalue weighted by atomic mass is 10.0. The van der Waals surface area contributed by atoms with Crippen molar-refractivity contribution in [3.05, 3.63) is 54.1 Å². The van der Waals surface area contributed by atoms with Gasteiger partial charge in [0.15, 0.2) is 6.61 Å². The Morgan fingerprint density at radius 1 is 1.07 bits per heavy atom. The predicted molar refractivity (Wildman–Crippen MR) is 106 cm³/mol. The summed E-state index contributed by atoms with van der Waals surface area (Å²) in [6.45, 7) is 5.64. The Bertz CT molecular complexity index is 719. The van der Waals surface area contributed by atoms with E-state index < -0.39 is 0 Å². The Morgan fingerprint density at radius 2 is 1.74 bits per heavy atom. The van der Waals surface area contributed by atoms with Crippen molar-refractivity contribution in [1.29, 1.82) is 0 Å². The quantitative estimate of drug-likeness (QED) is 0.750. The van der Waals surface area contributed by atoms with Crippen LogP contribution in [-0.2, 0) is 9.53 Å². The molecule has 1 N–H and O–H groups in total. The maximum absolute atomic E-state index is 12.1. The summed E-state index contributed by atoms with van der Waals surface area (Å²) in [4.78, 5) is 12.1. The summed E-state index contributed by atoms with van der Waals surface area (Å²) in [5, 5.41) is 2.82. The van der Waals surface area contributed by atoms with Gasteiger partial charge >= 0.3 is 0 Å². The Labute approximate surface area is 160 Å². The predicted octanol–water partition coefficient (Wildman–Crippen LogP) is 4.39. The summed E-state index contributed by atoms with van der Waals surface area (Å²) in [5.41, 5.74) is 1.96. The monoisotopic (exact) mass is 369 g/mol. The van der Waals surface area contributed by atoms with Crippen molar-refractivity contribution in [1.82, 2.24) is 0 Å². The summed E-state index contributed by atoms with van der Waals surface area (Å²) in [6.07, 6.45) is 2.34. The third kappa shape index (κ3) is 6.00. The Balaban J connectivity index is 1.41. The average molecular weight is 369 g/mol. The molecule has 1 heterocycles. The highest BCUT2D eigenvalue weighted by molar-refractivity contribution is 5.91. The van der Waals surface area contributed by atoms with Gasteiger partial charge in [-0.1, -0.05) is 26.0 Å². The van der Waals surface area contributed by atoms with Gasteiger partial charge in [0.1, 0.15) is 18.1 Å². The van der Waals surface area contributed by atoms with Crippen LogP contribution in [0.2, 0.25) is 0 Å². The van der Waals surface area contributed by atoms with Crippen molar-refractivity contribution in [3.63, 3.8) is 0 Å². The van der Waals surface area contributed by atoms with Gasteiger partial charge in [-0.25, -0.2) is 0 Å². The average Bonchev–Trinajstić information content (AvgIpc) is 3.20. The molecule has 0 saturated carbocycles. The van der Waals surface area contributed by atoms with Crippen molar-refractivity contribution in [2.45, 2.75) is 38.7 Å². The molecule has 1 amide bonds. The lowest BCUT2D eigenvalue weighted by molar-refractivity contribution is -0.118. The highest BCUT2D eigenvalue weighted by Crippen LogP contribution is 2.20. The molecule has 0 aromatic heterocycles. The number of hydrogen-bond donors (Lipinski definition) is 1. The molecule has 2 aromatic rings. The molecule has 1 aliphatic rings. The van der Waals surface area contributed by atoms with Gasteiger partial charge in [0.25, 0.3) is 5.91 Å². The molecule has 1 atom stereocenters. The van der Waals surface area contributed by atoms with Crippen LogP contribution in [0.4, 0.5) is 5.69 Å². The fourth-order valence-corrected chi connectivity index (χ4v) is 2.89. The molecule has 5 heteroatoms. The number of anilines is 1. The van der Waals surface area contributed by atoms with Crippen LogP contribution >= 0.6 is 0 Å². The van der Waals surface area contributed by atoms with E-state index in [1.807, 2.05) is 48.5 Å². The van der Waals surface area contributed by atoms with E-state index in [1.165, 1.54) is 5.56 Å². The van der Waals surface area contributed by atoms with Gasteiger partial charge in [0.05, 0.1) is 6.10 Å². The van der Waals surface area contributed by atoms with E-state index in [9.17, 15) is 4.79 Å². The summed E-state index contributed by atoms with van der Waals surface area (Å²) in [6, 6.07) is 15.2. The third-order valence-corrected chi connectivity index (χ3v) is 4.51. The number of rotatable bonds is 8. The first kappa shape index (κ1) is 19.2. The van der Waals surface area contributed by atoms with Crippen LogP contribution in [0.15, 0.2) is 48.5 Å². The smallest absolute Gasteiger partial charge is 0.262 e. The minimum Gasteiger partial charge on any atom is -0.491 e. The van der Waals surface area contributed by atoms with Crippen LogP contribution in [0.5, 0.6) is 11.5 Å². The molecule has 1 fully saturated rings. The minimum atomic E-state index is -0.198. The number of hydrogen-bond acceptors (Lipinski definition) is 4. The standard InChI is InChI=1S/C22H27NO4/c1-16(2)17-5-9-19(10-6-17)27-15-22(24)23-18-7-11-20(12-8-18)26-14-21-4-3-13-25-21/h5-12,16,21H,3-4,13-15H2,1-2H3,(H,23,24). The Morgan fingerprint density at radius 3 is 2.37 bits per heavy atom. The zero-order valence-electron chi connectivity index (χ0n) is 15.9. The summed E-state index contributed by atoms with van der Waals surface area (Å²) in [5.74, 6) is 1.73. The van der Waals surface area contributed by atoms with Crippen LogP contribution < -0.4 is 14.8 Å². The molecule has 0 radical (unpaired) electrons. The molecule has 0 bridgehead atoms. The second kappa shape index (κ2) is 9.42. The number of nitrogens with one attached hydrogen (secondary N) is 1. The van der Waals surface area contributed by atoms with Crippen LogP contribution in [0.1, 0.15) is 38.2 Å². The number of carbonyl (C=O) groups excluding carboxylic acids is 1. The number of amides is 1. The molecule has 5 nitrogen and oxygen atoms in total. The van der Waals surface area contributed by atoms with E-state index in [-0.39, 0.29) is 18.6 Å². The first-order chi connectivity index (χ1) is 13.1. The van der Waals surface area contributed by atoms with Crippen LogP contribution in [0.3, 0.4) is 0 Å². The van der Waals surface area contributed by atoms with E-state index >= 15 is 0 Å². The normalized spacial score (nSPS) is 16.3. The number of carbonyl (C=O) groups is 1. The van der Waals surface area contributed by atoms with E-state index in [4.69, 9.17) is 14.2 Å². The summed E-state index contributed by atoms with van der Waals surface area (Å²) >= 11 is 0. The van der Waals surface area contributed by atoms with Crippen LogP contribution in [-0.4, -0.2) is 31.8 Å². The maximum atomic E-state index is 12.1. The minimum absolute atomic E-state index is 0.0295. The molecule has 1 saturated heterocycles. The molecule has 2 aromatic carbocycles. The van der Waals surface area contributed by atoms with Gasteiger partial charge in [-0.2, -0.15) is 0 Å². The van der Waals surface area contributed by atoms with E-state index in [0.717, 1.165) is 25.2 Å². The van der Waals surface area contributed by atoms with Crippen molar-refractivity contribution >= 4 is 11.6 Å². The zero-order valence-corrected chi connectivity index (χ0v) is 15.9. The molecule has 3 rings (SSSR count). The molecule has 1 unspecified atom stereocenters. The fourth-order valence-electron chi connectivity index (χ4n) is 2.89. The van der Waals surface area contributed by atoms with Gasteiger partial charge < -0.3 is 19.5 Å². The molecular weight excluding hydrogens is 342 g/mol. The number of ether oxygens (including phenoxy) is 3. The second-order valence-corrected chi connectivity index (χ2v) is 7.03. The third-order valence-electron chi connectivity index (χ3n) is 4.51. The lowest BCUT2D eigenvalue weighted by Gasteiger charge is -2.12. The van der Waals surface area contributed by atoms with E-state index in [1.54, 1.807) is 0 Å². The highest BCUT2D eigenvalue weighted by Gasteiger charge is 2.15. The molecule has 27 heavy (non-hydrogen) atoms. The van der Waals surface area contributed by atoms with Crippen LogP contribution in [0.25, 0.3) is 0 Å². The Hall–Kier alpha value is -2.53. The van der Waals surface area contributed by atoms with E-state index in [0.29, 0.717) is 24.0 Å². The van der Waals surface area contributed by atoms with Gasteiger partial charge in [-0.15, -0.1) is 0 Å². The van der Waals surface area contributed by atoms with Crippen molar-refractivity contribution in [2.24, 2.45) is 0 Å². The van der Waals surface area contributed by atoms with Crippen molar-refractivity contribution in [2.75, 3.05) is 25.1 Å². The van der Waals surface area contributed by atoms with E-state index in [2.05, 4.69) is 19.2 Å². The Kier molecular flexibility index (Phi) is 6.71. The van der Waals surface area contributed by atoms with Gasteiger partial charge in [-0.3, -0.25) is 4.79 Å². The molecular formula is C22H27NO4. The van der Waals surface area contributed by atoms with Crippen molar-refractivity contribution < 1.29 is 19.0 Å². The zero-order chi connectivity index (χ0) is 19.1. The summed E-state index contributed by atoms with van der Waals surface area (Å²) < 4.78 is 16.8. The topological polar surface area (TPSA) is 56.8 Å². The number of benzene rings is 2. The van der Waals surface area contributed by atoms with Crippen molar-refractivity contribution in [3.8, 4) is 11.5 Å². The maximum Gasteiger partial charge on any atom is 0.262 e. The van der Waals surface area contributed by atoms with Gasteiger partial charge in [0, 0.05) is 12.3 Å². The van der Waals surface area contributed by atoms with Gasteiger partial charge in [-0.05, 0) is 60.7 Å². The molecule has 1 aliphatic heterocycles. The largest absolute Gasteiger partial charge is 0.491 e. The van der Waals surface area contributed by atoms with Gasteiger partial charge in [0.2, 0.25) is 0 Å². The fraction of sp³-hybridized carbons (Fsp3) is 0.409. The molecule has 0 spiro atoms.